The standard InChI is InChI=1S/C26H34O8Si/c1-17(27)32-23-21(34-25(30)24(22(23)29)33-18(2)28)16-31-35(26(3,4)5,19-12-8-6-9-13-19)20-14-10-7-11-15-20/h6-15,21-25,29-30H,16H2,1-5H3/t21-,22+,23+,24-,25+/m0/s1. The highest BCUT2D eigenvalue weighted by Gasteiger charge is 2.53. The lowest BCUT2D eigenvalue weighted by molar-refractivity contribution is -0.292. The molecule has 5 atom stereocenters. The summed E-state index contributed by atoms with van der Waals surface area (Å²) >= 11 is 0. The Labute approximate surface area is 206 Å². The Balaban J connectivity index is 2.01. The Kier molecular flexibility index (Phi) is 8.50. The Bertz CT molecular complexity index is 952. The predicted octanol–water partition coefficient (Wildman–Crippen LogP) is 1.50. The molecule has 9 heteroatoms. The number of aliphatic hydroxyl groups is 2. The molecule has 1 aliphatic heterocycles. The minimum absolute atomic E-state index is 0.0772. The fourth-order valence-corrected chi connectivity index (χ4v) is 9.24. The zero-order chi connectivity index (χ0) is 25.8. The molecule has 1 heterocycles. The second-order valence-corrected chi connectivity index (χ2v) is 14.0. The molecule has 8 nitrogen and oxygen atoms in total. The largest absolute Gasteiger partial charge is 0.457 e. The number of esters is 2. The molecule has 1 aliphatic rings. The first-order valence-corrected chi connectivity index (χ1v) is 13.5. The van der Waals surface area contributed by atoms with E-state index in [4.69, 9.17) is 18.6 Å². The monoisotopic (exact) mass is 502 g/mol. The third-order valence-corrected chi connectivity index (χ3v) is 11.1. The van der Waals surface area contributed by atoms with Crippen molar-refractivity contribution in [1.82, 2.24) is 0 Å². The van der Waals surface area contributed by atoms with Gasteiger partial charge in [-0.25, -0.2) is 0 Å². The first kappa shape index (κ1) is 27.0. The molecule has 0 spiro atoms. The summed E-state index contributed by atoms with van der Waals surface area (Å²) in [6, 6.07) is 19.9. The van der Waals surface area contributed by atoms with Crippen LogP contribution in [0.5, 0.6) is 0 Å². The fourth-order valence-electron chi connectivity index (χ4n) is 4.67. The van der Waals surface area contributed by atoms with Crippen LogP contribution in [0.1, 0.15) is 34.6 Å². The van der Waals surface area contributed by atoms with Crippen LogP contribution in [0.3, 0.4) is 0 Å². The third-order valence-electron chi connectivity index (χ3n) is 6.12. The van der Waals surface area contributed by atoms with E-state index in [9.17, 15) is 19.8 Å². The van der Waals surface area contributed by atoms with E-state index in [1.165, 1.54) is 6.92 Å². The Morgan fingerprint density at radius 1 is 0.857 bits per heavy atom. The van der Waals surface area contributed by atoms with Gasteiger partial charge in [0.05, 0.1) is 6.61 Å². The first-order valence-electron chi connectivity index (χ1n) is 11.6. The summed E-state index contributed by atoms with van der Waals surface area (Å²) in [6.45, 7) is 8.63. The van der Waals surface area contributed by atoms with Gasteiger partial charge in [0.2, 0.25) is 0 Å². The average molecular weight is 503 g/mol. The minimum atomic E-state index is -2.96. The highest BCUT2D eigenvalue weighted by atomic mass is 28.4. The van der Waals surface area contributed by atoms with Crippen molar-refractivity contribution in [2.24, 2.45) is 0 Å². The number of carbonyl (C=O) groups excluding carboxylic acids is 2. The van der Waals surface area contributed by atoms with Gasteiger partial charge in [0.15, 0.2) is 18.5 Å². The van der Waals surface area contributed by atoms with Crippen LogP contribution in [0.25, 0.3) is 0 Å². The van der Waals surface area contributed by atoms with Crippen LogP contribution in [0.4, 0.5) is 0 Å². The van der Waals surface area contributed by atoms with Gasteiger partial charge in [-0.1, -0.05) is 81.4 Å². The van der Waals surface area contributed by atoms with E-state index in [-0.39, 0.29) is 11.6 Å². The molecule has 3 rings (SSSR count). The quantitative estimate of drug-likeness (QED) is 0.433. The number of rotatable bonds is 7. The molecule has 0 aliphatic carbocycles. The molecule has 0 saturated carbocycles. The molecule has 35 heavy (non-hydrogen) atoms. The maximum atomic E-state index is 11.8. The van der Waals surface area contributed by atoms with E-state index >= 15 is 0 Å². The molecule has 2 aromatic rings. The molecule has 0 amide bonds. The maximum Gasteiger partial charge on any atom is 0.303 e. The van der Waals surface area contributed by atoms with Gasteiger partial charge < -0.3 is 28.8 Å². The lowest BCUT2D eigenvalue weighted by Gasteiger charge is -2.46. The molecular weight excluding hydrogens is 468 g/mol. The lowest BCUT2D eigenvalue weighted by atomic mass is 9.99. The zero-order valence-corrected chi connectivity index (χ0v) is 21.7. The van der Waals surface area contributed by atoms with Crippen LogP contribution < -0.4 is 10.4 Å². The molecule has 0 aromatic heterocycles. The Morgan fingerprint density at radius 2 is 1.31 bits per heavy atom. The number of carbonyl (C=O) groups is 2. The second-order valence-electron chi connectivity index (χ2n) is 9.68. The van der Waals surface area contributed by atoms with Gasteiger partial charge in [-0.05, 0) is 15.4 Å². The van der Waals surface area contributed by atoms with Crippen LogP contribution in [-0.4, -0.2) is 67.8 Å². The molecule has 0 radical (unpaired) electrons. The lowest BCUT2D eigenvalue weighted by Crippen LogP contribution is -2.68. The SMILES string of the molecule is CC(=O)O[C@H]1[C@H](O)[C@H](OC(C)=O)[C@H](CO[Si](c2ccccc2)(c2ccccc2)C(C)(C)C)O[C@H]1O. The highest BCUT2D eigenvalue weighted by Crippen LogP contribution is 2.37. The van der Waals surface area contributed by atoms with E-state index in [1.54, 1.807) is 0 Å². The first-order chi connectivity index (χ1) is 16.5. The maximum absolute atomic E-state index is 11.8. The molecular formula is C26H34O8Si. The summed E-state index contributed by atoms with van der Waals surface area (Å²) in [6.07, 6.45) is -6.73. The summed E-state index contributed by atoms with van der Waals surface area (Å²) in [7, 11) is -2.96. The summed E-state index contributed by atoms with van der Waals surface area (Å²) in [4.78, 5) is 23.3. The smallest absolute Gasteiger partial charge is 0.303 e. The number of aliphatic hydroxyl groups excluding tert-OH is 2. The predicted molar refractivity (Wildman–Crippen MR) is 132 cm³/mol. The van der Waals surface area contributed by atoms with Crippen LogP contribution in [0, 0.1) is 0 Å². The van der Waals surface area contributed by atoms with Gasteiger partial charge in [0, 0.05) is 13.8 Å². The van der Waals surface area contributed by atoms with Crippen molar-refractivity contribution in [2.45, 2.75) is 70.4 Å². The topological polar surface area (TPSA) is 112 Å². The van der Waals surface area contributed by atoms with Gasteiger partial charge in [-0.2, -0.15) is 0 Å². The Morgan fingerprint density at radius 3 is 1.74 bits per heavy atom. The summed E-state index contributed by atoms with van der Waals surface area (Å²) < 4.78 is 22.9. The molecule has 2 N–H and O–H groups in total. The van der Waals surface area contributed by atoms with Crippen molar-refractivity contribution in [3.8, 4) is 0 Å². The normalized spacial score (nSPS) is 25.1. The molecule has 0 bridgehead atoms. The summed E-state index contributed by atoms with van der Waals surface area (Å²) in [5, 5.41) is 23.1. The van der Waals surface area contributed by atoms with Gasteiger partial charge in [-0.15, -0.1) is 0 Å². The summed E-state index contributed by atoms with van der Waals surface area (Å²) in [5.74, 6) is -1.36. The second kappa shape index (κ2) is 11.0. The van der Waals surface area contributed by atoms with Crippen molar-refractivity contribution in [3.63, 3.8) is 0 Å². The van der Waals surface area contributed by atoms with Gasteiger partial charge >= 0.3 is 11.9 Å². The van der Waals surface area contributed by atoms with Crippen molar-refractivity contribution in [2.75, 3.05) is 6.61 Å². The van der Waals surface area contributed by atoms with Gasteiger partial charge in [0.25, 0.3) is 8.32 Å². The van der Waals surface area contributed by atoms with E-state index in [0.29, 0.717) is 0 Å². The average Bonchev–Trinajstić information content (AvgIpc) is 2.79. The number of ether oxygens (including phenoxy) is 3. The van der Waals surface area contributed by atoms with Crippen molar-refractivity contribution < 1.29 is 38.4 Å². The van der Waals surface area contributed by atoms with Crippen LogP contribution in [-0.2, 0) is 28.2 Å². The van der Waals surface area contributed by atoms with E-state index < -0.39 is 51.0 Å². The van der Waals surface area contributed by atoms with Crippen LogP contribution in [0.15, 0.2) is 60.7 Å². The minimum Gasteiger partial charge on any atom is -0.457 e. The van der Waals surface area contributed by atoms with E-state index in [2.05, 4.69) is 20.8 Å². The fraction of sp³-hybridized carbons (Fsp3) is 0.462. The molecule has 1 saturated heterocycles. The molecule has 2 aromatic carbocycles. The van der Waals surface area contributed by atoms with Crippen LogP contribution >= 0.6 is 0 Å². The zero-order valence-electron chi connectivity index (χ0n) is 20.7. The number of hydrogen-bond donors (Lipinski definition) is 2. The number of benzene rings is 2. The van der Waals surface area contributed by atoms with Crippen molar-refractivity contribution in [1.29, 1.82) is 0 Å². The third kappa shape index (κ3) is 5.82. The van der Waals surface area contributed by atoms with Crippen molar-refractivity contribution >= 4 is 30.6 Å². The van der Waals surface area contributed by atoms with Gasteiger partial charge in [0.1, 0.15) is 12.2 Å². The van der Waals surface area contributed by atoms with Gasteiger partial charge in [-0.3, -0.25) is 9.59 Å². The molecule has 1 fully saturated rings. The van der Waals surface area contributed by atoms with E-state index in [0.717, 1.165) is 17.3 Å². The van der Waals surface area contributed by atoms with Crippen molar-refractivity contribution in [3.05, 3.63) is 60.7 Å². The molecule has 190 valence electrons. The van der Waals surface area contributed by atoms with E-state index in [1.807, 2.05) is 60.7 Å². The number of hydrogen-bond acceptors (Lipinski definition) is 8. The molecule has 0 unspecified atom stereocenters. The van der Waals surface area contributed by atoms with Crippen LogP contribution in [0.2, 0.25) is 5.04 Å². The highest BCUT2D eigenvalue weighted by molar-refractivity contribution is 6.99. The summed E-state index contributed by atoms with van der Waals surface area (Å²) in [5.41, 5.74) is 0. The Hall–Kier alpha value is -2.56.